The summed E-state index contributed by atoms with van der Waals surface area (Å²) in [5.74, 6) is 0.616. The molecule has 1 aliphatic rings. The van der Waals surface area contributed by atoms with Gasteiger partial charge in [0.2, 0.25) is 0 Å². The minimum absolute atomic E-state index is 0.461. The van der Waals surface area contributed by atoms with E-state index in [0.29, 0.717) is 22.1 Å². The minimum Gasteiger partial charge on any atom is -0.362 e. The fourth-order valence-corrected chi connectivity index (χ4v) is 3.69. The van der Waals surface area contributed by atoms with E-state index in [1.165, 1.54) is 12.0 Å². The summed E-state index contributed by atoms with van der Waals surface area (Å²) in [4.78, 5) is 2.55. The summed E-state index contributed by atoms with van der Waals surface area (Å²) < 4.78 is 0. The lowest BCUT2D eigenvalue weighted by atomic mass is 10.1. The Bertz CT molecular complexity index is 707. The Hall–Kier alpha value is -1.62. The first-order valence-electron chi connectivity index (χ1n) is 8.71. The van der Waals surface area contributed by atoms with Gasteiger partial charge in [-0.2, -0.15) is 0 Å². The summed E-state index contributed by atoms with van der Waals surface area (Å²) in [5.41, 5.74) is 2.30. The lowest BCUT2D eigenvalue weighted by Crippen LogP contribution is -2.34. The van der Waals surface area contributed by atoms with E-state index in [2.05, 4.69) is 52.8 Å². The molecule has 1 saturated heterocycles. The summed E-state index contributed by atoms with van der Waals surface area (Å²) in [6.45, 7) is 5.42. The summed E-state index contributed by atoms with van der Waals surface area (Å²) in [7, 11) is 0. The van der Waals surface area contributed by atoms with E-state index >= 15 is 0 Å². The van der Waals surface area contributed by atoms with Crippen molar-refractivity contribution >= 4 is 34.6 Å². The van der Waals surface area contributed by atoms with Crippen molar-refractivity contribution in [2.45, 2.75) is 19.4 Å². The first-order valence-corrected chi connectivity index (χ1v) is 9.50. The monoisotopic (exact) mass is 373 g/mol. The molecule has 132 valence electrons. The van der Waals surface area contributed by atoms with Gasteiger partial charge in [0.15, 0.2) is 5.11 Å². The standard InChI is InChI=1S/C20H24ClN3S/c1-15(17-6-3-2-4-7-17)24-11-10-16(14-24)13-22-20(25)23-19-9-5-8-18(21)12-19/h2-9,12,15-16H,10-11,13-14H2,1H3,(H2,22,23,25)/t15-,16+/m1/s1. The van der Waals surface area contributed by atoms with Gasteiger partial charge in [-0.3, -0.25) is 4.90 Å². The Morgan fingerprint density at radius 1 is 1.24 bits per heavy atom. The van der Waals surface area contributed by atoms with Gasteiger partial charge in [0.25, 0.3) is 0 Å². The van der Waals surface area contributed by atoms with E-state index in [4.69, 9.17) is 23.8 Å². The molecule has 0 aliphatic carbocycles. The van der Waals surface area contributed by atoms with Crippen molar-refractivity contribution in [1.29, 1.82) is 0 Å². The van der Waals surface area contributed by atoms with Crippen molar-refractivity contribution in [3.05, 3.63) is 65.2 Å². The van der Waals surface area contributed by atoms with Crippen molar-refractivity contribution in [1.82, 2.24) is 10.2 Å². The summed E-state index contributed by atoms with van der Waals surface area (Å²) in [6, 6.07) is 18.8. The highest BCUT2D eigenvalue weighted by Gasteiger charge is 2.26. The molecule has 0 bridgehead atoms. The van der Waals surface area contributed by atoms with Gasteiger partial charge in [-0.1, -0.05) is 48.0 Å². The average Bonchev–Trinajstić information content (AvgIpc) is 3.09. The van der Waals surface area contributed by atoms with E-state index in [1.807, 2.05) is 24.3 Å². The normalized spacial score (nSPS) is 18.7. The summed E-state index contributed by atoms with van der Waals surface area (Å²) in [6.07, 6.45) is 1.20. The molecule has 0 radical (unpaired) electrons. The van der Waals surface area contributed by atoms with Crippen molar-refractivity contribution in [3.63, 3.8) is 0 Å². The van der Waals surface area contributed by atoms with Crippen LogP contribution in [0.1, 0.15) is 24.9 Å². The predicted octanol–water partition coefficient (Wildman–Crippen LogP) is 4.71. The Labute approximate surface area is 160 Å². The number of rotatable bonds is 5. The van der Waals surface area contributed by atoms with Crippen molar-refractivity contribution in [2.75, 3.05) is 25.0 Å². The van der Waals surface area contributed by atoms with Crippen LogP contribution in [-0.2, 0) is 0 Å². The molecule has 0 spiro atoms. The number of hydrogen-bond donors (Lipinski definition) is 2. The molecule has 0 aromatic heterocycles. The van der Waals surface area contributed by atoms with E-state index < -0.39 is 0 Å². The number of benzene rings is 2. The zero-order valence-corrected chi connectivity index (χ0v) is 16.0. The molecular weight excluding hydrogens is 350 g/mol. The number of likely N-dealkylation sites (tertiary alicyclic amines) is 1. The van der Waals surface area contributed by atoms with Gasteiger partial charge in [0.05, 0.1) is 0 Å². The maximum Gasteiger partial charge on any atom is 0.170 e. The van der Waals surface area contributed by atoms with Crippen molar-refractivity contribution in [2.24, 2.45) is 5.92 Å². The molecule has 5 heteroatoms. The van der Waals surface area contributed by atoms with E-state index in [-0.39, 0.29) is 0 Å². The van der Waals surface area contributed by atoms with Crippen LogP contribution in [0.5, 0.6) is 0 Å². The molecule has 3 rings (SSSR count). The average molecular weight is 374 g/mol. The largest absolute Gasteiger partial charge is 0.362 e. The number of thiocarbonyl (C=S) groups is 1. The SMILES string of the molecule is C[C@H](c1ccccc1)N1CC[C@@H](CNC(=S)Nc2cccc(Cl)c2)C1. The lowest BCUT2D eigenvalue weighted by Gasteiger charge is -2.25. The highest BCUT2D eigenvalue weighted by atomic mass is 35.5. The van der Waals surface area contributed by atoms with Gasteiger partial charge in [-0.15, -0.1) is 0 Å². The third-order valence-corrected chi connectivity index (χ3v) is 5.26. The Morgan fingerprint density at radius 2 is 2.04 bits per heavy atom. The molecule has 1 fully saturated rings. The predicted molar refractivity (Wildman–Crippen MR) is 110 cm³/mol. The second-order valence-corrected chi connectivity index (χ2v) is 7.43. The molecular formula is C20H24ClN3S. The Balaban J connectivity index is 1.44. The summed E-state index contributed by atoms with van der Waals surface area (Å²) >= 11 is 11.4. The minimum atomic E-state index is 0.461. The van der Waals surface area contributed by atoms with E-state index in [0.717, 1.165) is 25.3 Å². The van der Waals surface area contributed by atoms with Crippen LogP contribution < -0.4 is 10.6 Å². The first kappa shape index (κ1) is 18.2. The highest BCUT2D eigenvalue weighted by Crippen LogP contribution is 2.26. The smallest absolute Gasteiger partial charge is 0.170 e. The molecule has 25 heavy (non-hydrogen) atoms. The van der Waals surface area contributed by atoms with Crippen molar-refractivity contribution in [3.8, 4) is 0 Å². The number of hydrogen-bond acceptors (Lipinski definition) is 2. The first-order chi connectivity index (χ1) is 12.1. The molecule has 1 heterocycles. The van der Waals surface area contributed by atoms with Crippen LogP contribution in [0.25, 0.3) is 0 Å². The fraction of sp³-hybridized carbons (Fsp3) is 0.350. The molecule has 0 saturated carbocycles. The third-order valence-electron chi connectivity index (χ3n) is 4.78. The van der Waals surface area contributed by atoms with Gasteiger partial charge in [-0.05, 0) is 61.8 Å². The van der Waals surface area contributed by atoms with Crippen LogP contribution in [0.15, 0.2) is 54.6 Å². The number of nitrogens with zero attached hydrogens (tertiary/aromatic N) is 1. The topological polar surface area (TPSA) is 27.3 Å². The fourth-order valence-electron chi connectivity index (χ4n) is 3.30. The van der Waals surface area contributed by atoms with Crippen LogP contribution in [0, 0.1) is 5.92 Å². The van der Waals surface area contributed by atoms with Gasteiger partial charge in [-0.25, -0.2) is 0 Å². The maximum absolute atomic E-state index is 6.00. The molecule has 3 nitrogen and oxygen atoms in total. The van der Waals surface area contributed by atoms with Gasteiger partial charge >= 0.3 is 0 Å². The van der Waals surface area contributed by atoms with Crippen LogP contribution in [0.4, 0.5) is 5.69 Å². The number of halogens is 1. The number of anilines is 1. The van der Waals surface area contributed by atoms with Gasteiger partial charge in [0, 0.05) is 29.8 Å². The van der Waals surface area contributed by atoms with Crippen molar-refractivity contribution < 1.29 is 0 Å². The Morgan fingerprint density at radius 3 is 2.80 bits per heavy atom. The zero-order chi connectivity index (χ0) is 17.6. The molecule has 2 atom stereocenters. The lowest BCUT2D eigenvalue weighted by molar-refractivity contribution is 0.253. The molecule has 0 unspecified atom stereocenters. The zero-order valence-electron chi connectivity index (χ0n) is 14.4. The van der Waals surface area contributed by atoms with Crippen LogP contribution in [0.2, 0.25) is 5.02 Å². The van der Waals surface area contributed by atoms with Gasteiger partial charge in [0.1, 0.15) is 0 Å². The quantitative estimate of drug-likeness (QED) is 0.742. The molecule has 2 aromatic rings. The highest BCUT2D eigenvalue weighted by molar-refractivity contribution is 7.80. The second-order valence-electron chi connectivity index (χ2n) is 6.58. The van der Waals surface area contributed by atoms with E-state index in [9.17, 15) is 0 Å². The Kier molecular flexibility index (Phi) is 6.29. The van der Waals surface area contributed by atoms with Crippen LogP contribution >= 0.6 is 23.8 Å². The summed E-state index contributed by atoms with van der Waals surface area (Å²) in [5, 5.41) is 7.88. The maximum atomic E-state index is 6.00. The molecule has 2 N–H and O–H groups in total. The molecule has 2 aromatic carbocycles. The van der Waals surface area contributed by atoms with Crippen LogP contribution in [0.3, 0.4) is 0 Å². The molecule has 1 aliphatic heterocycles. The molecule has 0 amide bonds. The van der Waals surface area contributed by atoms with Gasteiger partial charge < -0.3 is 10.6 Å². The number of nitrogens with one attached hydrogen (secondary N) is 2. The van der Waals surface area contributed by atoms with E-state index in [1.54, 1.807) is 0 Å². The third kappa shape index (κ3) is 5.18. The second kappa shape index (κ2) is 8.65. The van der Waals surface area contributed by atoms with Crippen LogP contribution in [-0.4, -0.2) is 29.6 Å².